The highest BCUT2D eigenvalue weighted by molar-refractivity contribution is 8.80. The van der Waals surface area contributed by atoms with E-state index in [9.17, 15) is 15.0 Å². The number of carbonyl (C=O) groups is 1. The molecule has 121 heavy (non-hydrogen) atoms. The van der Waals surface area contributed by atoms with E-state index in [1.807, 2.05) is 228 Å². The monoisotopic (exact) mass is 2300 g/mol. The van der Waals surface area contributed by atoms with Crippen LogP contribution in [-0.2, 0) is 360 Å². The zero-order valence-corrected chi connectivity index (χ0v) is 97.1. The topological polar surface area (TPSA) is 168 Å². The molecule has 0 aliphatic carbocycles. The van der Waals surface area contributed by atoms with Gasteiger partial charge in [-0.05, 0) is 132 Å². The summed E-state index contributed by atoms with van der Waals surface area (Å²) in [6.45, 7) is 28.2. The number of aliphatic hydroxyl groups is 2. The van der Waals surface area contributed by atoms with Crippen LogP contribution in [0.2, 0.25) is 36.3 Å². The number of benzene rings is 3. The van der Waals surface area contributed by atoms with Crippen LogP contribution in [0.1, 0.15) is 165 Å². The summed E-state index contributed by atoms with van der Waals surface area (Å²) < 4.78 is 75.5. The number of fused-ring (bicyclic) bond motifs is 2. The van der Waals surface area contributed by atoms with E-state index >= 15 is 0 Å². The lowest BCUT2D eigenvalue weighted by atomic mass is 9.77. The minimum Gasteiger partial charge on any atom is -0.497 e. The van der Waals surface area contributed by atoms with Gasteiger partial charge in [-0.2, -0.15) is 0 Å². The second kappa shape index (κ2) is 66.9. The largest absolute Gasteiger partial charge is 0.497 e. The molecule has 3 aromatic carbocycles. The summed E-state index contributed by atoms with van der Waals surface area (Å²) in [5, 5.41) is 23.1. The van der Waals surface area contributed by atoms with Gasteiger partial charge in [-0.3, -0.25) is 0 Å². The van der Waals surface area contributed by atoms with Crippen molar-refractivity contribution < 1.29 is 71.2 Å². The summed E-state index contributed by atoms with van der Waals surface area (Å²) in [5.74, 6) is -0.308. The van der Waals surface area contributed by atoms with Gasteiger partial charge in [0.2, 0.25) is 0 Å². The summed E-state index contributed by atoms with van der Waals surface area (Å²) in [6, 6.07) is 31.6. The highest BCUT2D eigenvalue weighted by atomic mass is 33.5. The highest BCUT2D eigenvalue weighted by Gasteiger charge is 2.56. The number of hydrogen-bond acceptors (Lipinski definition) is 17. The average Bonchev–Trinajstić information content (AvgIpc) is 0.773. The molecule has 17 atom stereocenters. The van der Waals surface area contributed by atoms with Crippen LogP contribution in [0.5, 0.6) is 11.5 Å². The molecule has 1 spiro atoms. The molecule has 5 aliphatic rings. The van der Waals surface area contributed by atoms with Crippen molar-refractivity contribution in [2.45, 2.75) is 277 Å². The van der Waals surface area contributed by atoms with E-state index in [0.717, 1.165) is 96.6 Å². The fourth-order valence-corrected chi connectivity index (χ4v) is 97.2. The number of ether oxygens (including phenoxy) is 10. The second-order valence-corrected chi connectivity index (χ2v) is 91.0. The molecule has 0 amide bonds. The molecule has 3 aromatic rings. The van der Waals surface area contributed by atoms with Gasteiger partial charge in [0.1, 0.15) is 24.2 Å². The van der Waals surface area contributed by atoms with Crippen LogP contribution in [0.4, 0.5) is 0 Å². The van der Waals surface area contributed by atoms with Crippen molar-refractivity contribution in [3.05, 3.63) is 108 Å². The van der Waals surface area contributed by atoms with E-state index in [4.69, 9.17) is 78.6 Å². The zero-order valence-electron chi connectivity index (χ0n) is 69.0. The Labute approximate surface area is 817 Å². The van der Waals surface area contributed by atoms with E-state index in [2.05, 4.69) is 76.2 Å². The molecule has 0 saturated carbocycles. The number of esters is 1. The number of rotatable bonds is 29. The Morgan fingerprint density at radius 1 is 0.521 bits per heavy atom. The van der Waals surface area contributed by atoms with Crippen LogP contribution in [0.3, 0.4) is 0 Å². The molecule has 0 radical (unpaired) electrons. The fourth-order valence-electron chi connectivity index (χ4n) is 14.8. The van der Waals surface area contributed by atoms with Crippen LogP contribution >= 0.6 is 0 Å². The third kappa shape index (κ3) is 43.6. The predicted molar refractivity (Wildman–Crippen MR) is 591 cm³/mol. The van der Waals surface area contributed by atoms with Gasteiger partial charge in [0.05, 0.1) is 76.3 Å². The highest BCUT2D eigenvalue weighted by Crippen LogP contribution is 2.49. The summed E-state index contributed by atoms with van der Waals surface area (Å²) >= 11 is 9.58. The summed E-state index contributed by atoms with van der Waals surface area (Å²) in [5.41, 5.74) is 2.92. The summed E-state index contributed by atoms with van der Waals surface area (Å²) in [6.07, 6.45) is 7.90. The van der Waals surface area contributed by atoms with E-state index in [1.54, 1.807) is 127 Å². The van der Waals surface area contributed by atoms with Gasteiger partial charge in [0.15, 0.2) is 34.5 Å². The molecule has 5 fully saturated rings. The molecular formula is C72H116O15S32Si2. The van der Waals surface area contributed by atoms with Crippen molar-refractivity contribution in [1.82, 2.24) is 0 Å². The van der Waals surface area contributed by atoms with Gasteiger partial charge in [0.25, 0.3) is 0 Å². The fraction of sp³-hybridized carbons (Fsp3) is 0.708. The lowest BCUT2D eigenvalue weighted by molar-refractivity contribution is -0.403. The van der Waals surface area contributed by atoms with E-state index < -0.39 is 52.7 Å². The normalized spacial score (nSPS) is 24.9. The van der Waals surface area contributed by atoms with Crippen molar-refractivity contribution in [3.8, 4) is 11.5 Å². The van der Waals surface area contributed by atoms with Gasteiger partial charge in [-0.25, -0.2) is 4.79 Å². The van der Waals surface area contributed by atoms with E-state index in [0.29, 0.717) is 63.4 Å². The Morgan fingerprint density at radius 3 is 1.40 bits per heavy atom. The Balaban J connectivity index is 0.000000344. The van der Waals surface area contributed by atoms with Crippen LogP contribution in [0.15, 0.2) is 91.0 Å². The number of aliphatic hydroxyl groups excluding tert-OH is 1. The van der Waals surface area contributed by atoms with Gasteiger partial charge in [-0.1, -0.05) is 152 Å². The summed E-state index contributed by atoms with van der Waals surface area (Å²) in [7, 11) is 52.3. The molecular weight excluding hydrogens is 2190 g/mol. The lowest BCUT2D eigenvalue weighted by Crippen LogP contribution is -2.62. The van der Waals surface area contributed by atoms with Crippen molar-refractivity contribution in [3.63, 3.8) is 0 Å². The zero-order chi connectivity index (χ0) is 86.9. The first-order chi connectivity index (χ1) is 58.1. The molecule has 0 bridgehead atoms. The standard InChI is InChI=1S/C45H72O9Si2.C26H40O6.CH4.S32/c1-10-55(11-2,12-3)51-28-27-40-41(54-56(13-4,14-5)15-6)29-42-44(52-40)35(8)31-45(47,53-42)30-34(7)39(49-32-37-21-23-38(48-9)24-22-37)25-26-43(46)50-33-36-19-17-16-18-20-36;1-6-7-21-16(2)12-22-23(30-21)17(3)13-26(31-22)14-18(4)24(25(27)32-26)29-15-19-8-10-20(28-5)11-9-19;;1-3-5-7-9-11-13-15-17-19-21-23-25-27-29-31-32-30-28-26-24-22-20-18-16-14-12-10-8-6-4-2/h16-26,34-35,39-42,44,47H,10-15,27-33H2,1-9H3;8-11,16-18,21-25,27H,6-7,12-15H2,1-5H3;1H4;/b26-25+;;;/t34-,35-,39+,40+,41+,42-,44-,45?;16-,17+,18+,21?,22+,23+,24+,25?,26?;;/m01../s1. The molecule has 0 aromatic heterocycles. The third-order valence-corrected chi connectivity index (χ3v) is 94.8. The average molecular weight is 2300 g/mol. The van der Waals surface area contributed by atoms with Gasteiger partial charge < -0.3 is 66.4 Å². The molecule has 5 saturated heterocycles. The first-order valence-corrected chi connectivity index (χ1v) is 85.2. The first kappa shape index (κ1) is 115. The lowest BCUT2D eigenvalue weighted by Gasteiger charge is -2.55. The van der Waals surface area contributed by atoms with Crippen LogP contribution in [0.25, 0.3) is 0 Å². The first-order valence-electron chi connectivity index (χ1n) is 38.8. The molecule has 2 N–H and O–H groups in total. The maximum Gasteiger partial charge on any atom is 0.330 e. The van der Waals surface area contributed by atoms with Crippen molar-refractivity contribution in [1.29, 1.82) is 0 Å². The Bertz CT molecular complexity index is 5050. The third-order valence-electron chi connectivity index (χ3n) is 21.0. The molecule has 694 valence electrons. The number of carbonyl (C=O) groups excluding carboxylic acids is 1. The Kier molecular flexibility index (Phi) is 63.5. The maximum absolute atomic E-state index is 12.8. The van der Waals surface area contributed by atoms with E-state index in [1.165, 1.54) is 23.8 Å². The van der Waals surface area contributed by atoms with Gasteiger partial charge in [0, 0.05) is 334 Å². The van der Waals surface area contributed by atoms with Gasteiger partial charge in [-0.15, -0.1) is 0 Å². The Hall–Kier alpha value is 3.50. The minimum atomic E-state index is -1.98. The smallest absolute Gasteiger partial charge is 0.330 e. The molecule has 15 nitrogen and oxygen atoms in total. The van der Waals surface area contributed by atoms with Crippen molar-refractivity contribution in [2.24, 2.45) is 29.6 Å². The SMILES string of the molecule is C.CCCC1O[C@@H]2[C@H](C[C@H]1C)OC1(C[C@@H]2C)C[C@H](C)[C@H](OCc2ccc(OC)cc2)C(O)O1.CC[Si](CC)(CC)OCC[C@H]1O[C@@H]2[C@H](C[C@H]1O[Si](CC)(CC)CC)OC(O)(C[C@H](C)[C@@H](/C=C/C(=O)OCc1ccccc1)OCc1ccc(OC)cc1)C[C@@H]2C.S=S=S=S=S=S=S=S=S=S=S=S=S=S=S=S=S=S=S=S=S=S=S=S=S=S=S=S=S=S=S=S. The molecule has 4 unspecified atom stereocenters. The predicted octanol–water partition coefficient (Wildman–Crippen LogP) is 15.2. The molecule has 5 aliphatic heterocycles. The number of hydrogen-bond donors (Lipinski definition) is 2. The maximum atomic E-state index is 12.8. The van der Waals surface area contributed by atoms with Crippen molar-refractivity contribution in [2.75, 3.05) is 20.8 Å². The van der Waals surface area contributed by atoms with Crippen LogP contribution in [-0.4, -0.2) is 126 Å². The van der Waals surface area contributed by atoms with Gasteiger partial charge >= 0.3 is 5.97 Å². The summed E-state index contributed by atoms with van der Waals surface area (Å²) in [4.78, 5) is 12.8. The van der Waals surface area contributed by atoms with E-state index in [-0.39, 0.29) is 68.4 Å². The quantitative estimate of drug-likeness (QED) is 0.0382. The molecule has 5 heterocycles. The minimum absolute atomic E-state index is 0. The van der Waals surface area contributed by atoms with Crippen LogP contribution < -0.4 is 9.47 Å². The van der Waals surface area contributed by atoms with Crippen LogP contribution in [0, 0.1) is 29.6 Å². The Morgan fingerprint density at radius 2 is 0.950 bits per heavy atom. The molecule has 49 heteroatoms. The molecule has 8 rings (SSSR count). The second-order valence-electron chi connectivity index (χ2n) is 28.4. The van der Waals surface area contributed by atoms with Crippen molar-refractivity contribution >= 4 is 311 Å². The number of methoxy groups -OCH3 is 2.